The molecule has 0 fully saturated rings. The van der Waals surface area contributed by atoms with E-state index in [1.807, 2.05) is 0 Å². The van der Waals surface area contributed by atoms with Crippen molar-refractivity contribution in [3.8, 4) is 11.5 Å². The summed E-state index contributed by atoms with van der Waals surface area (Å²) < 4.78 is 15.2. The maximum absolute atomic E-state index is 11.5. The number of esters is 1. The van der Waals surface area contributed by atoms with Gasteiger partial charge in [-0.1, -0.05) is 0 Å². The van der Waals surface area contributed by atoms with E-state index < -0.39 is 11.9 Å². The number of ether oxygens (including phenoxy) is 3. The fourth-order valence-corrected chi connectivity index (χ4v) is 1.83. The monoisotopic (exact) mass is 278 g/mol. The van der Waals surface area contributed by atoms with E-state index in [1.54, 1.807) is 18.2 Å². The predicted molar refractivity (Wildman–Crippen MR) is 70.9 cm³/mol. The molecule has 2 rings (SSSR count). The standard InChI is InChI=1S/C13H14N2O5/c1-18-10-4-3-8-7(12(10)20-6-11(14)16)5-9(15-8)13(17)19-2/h3-5,15H,6H2,1-2H3,(H2,14,16). The highest BCUT2D eigenvalue weighted by atomic mass is 16.5. The van der Waals surface area contributed by atoms with Crippen LogP contribution in [0.3, 0.4) is 0 Å². The van der Waals surface area contributed by atoms with E-state index in [-0.39, 0.29) is 12.3 Å². The molecule has 2 aromatic rings. The van der Waals surface area contributed by atoms with Gasteiger partial charge >= 0.3 is 5.97 Å². The SMILES string of the molecule is COC(=O)c1cc2c(OCC(N)=O)c(OC)ccc2[nH]1. The van der Waals surface area contributed by atoms with Crippen LogP contribution in [-0.4, -0.2) is 37.7 Å². The van der Waals surface area contributed by atoms with Crippen molar-refractivity contribution < 1.29 is 23.8 Å². The van der Waals surface area contributed by atoms with Gasteiger partial charge in [0.05, 0.1) is 19.7 Å². The van der Waals surface area contributed by atoms with Gasteiger partial charge in [-0.25, -0.2) is 4.79 Å². The summed E-state index contributed by atoms with van der Waals surface area (Å²) in [5.74, 6) is -0.321. The second-order valence-corrected chi connectivity index (χ2v) is 3.99. The molecule has 0 unspecified atom stereocenters. The van der Waals surface area contributed by atoms with Gasteiger partial charge in [0.2, 0.25) is 0 Å². The minimum absolute atomic E-state index is 0.277. The van der Waals surface area contributed by atoms with Gasteiger partial charge in [0.25, 0.3) is 5.91 Å². The molecule has 7 nitrogen and oxygen atoms in total. The summed E-state index contributed by atoms with van der Waals surface area (Å²) in [6, 6.07) is 4.97. The van der Waals surface area contributed by atoms with Crippen molar-refractivity contribution >= 4 is 22.8 Å². The molecule has 0 atom stereocenters. The zero-order valence-electron chi connectivity index (χ0n) is 11.1. The normalized spacial score (nSPS) is 10.3. The highest BCUT2D eigenvalue weighted by Gasteiger charge is 2.16. The van der Waals surface area contributed by atoms with E-state index >= 15 is 0 Å². The van der Waals surface area contributed by atoms with Crippen molar-refractivity contribution in [2.24, 2.45) is 5.73 Å². The van der Waals surface area contributed by atoms with Crippen LogP contribution in [0.15, 0.2) is 18.2 Å². The lowest BCUT2D eigenvalue weighted by Gasteiger charge is -2.10. The minimum atomic E-state index is -0.604. The molecule has 0 radical (unpaired) electrons. The molecule has 1 heterocycles. The molecule has 0 aliphatic rings. The van der Waals surface area contributed by atoms with Crippen LogP contribution in [0.1, 0.15) is 10.5 Å². The number of methoxy groups -OCH3 is 2. The van der Waals surface area contributed by atoms with Crippen LogP contribution in [0.25, 0.3) is 10.9 Å². The molecular weight excluding hydrogens is 264 g/mol. The number of H-pyrrole nitrogens is 1. The first-order valence-electron chi connectivity index (χ1n) is 5.76. The third kappa shape index (κ3) is 2.51. The zero-order valence-corrected chi connectivity index (χ0v) is 11.1. The number of aromatic nitrogens is 1. The number of primary amides is 1. The lowest BCUT2D eigenvalue weighted by atomic mass is 10.2. The van der Waals surface area contributed by atoms with Crippen LogP contribution < -0.4 is 15.2 Å². The average molecular weight is 278 g/mol. The number of nitrogens with one attached hydrogen (secondary N) is 1. The molecule has 3 N–H and O–H groups in total. The molecule has 0 aliphatic heterocycles. The quantitative estimate of drug-likeness (QED) is 0.788. The molecule has 7 heteroatoms. The summed E-state index contributed by atoms with van der Waals surface area (Å²) in [4.78, 5) is 25.3. The fraction of sp³-hybridized carbons (Fsp3) is 0.231. The highest BCUT2D eigenvalue weighted by Crippen LogP contribution is 2.36. The van der Waals surface area contributed by atoms with Gasteiger partial charge in [-0.05, 0) is 18.2 Å². The number of hydrogen-bond acceptors (Lipinski definition) is 5. The lowest BCUT2D eigenvalue weighted by Crippen LogP contribution is -2.20. The van der Waals surface area contributed by atoms with Crippen molar-refractivity contribution in [1.29, 1.82) is 0 Å². The lowest BCUT2D eigenvalue weighted by molar-refractivity contribution is -0.119. The largest absolute Gasteiger partial charge is 0.493 e. The van der Waals surface area contributed by atoms with Crippen molar-refractivity contribution in [1.82, 2.24) is 4.98 Å². The fourth-order valence-electron chi connectivity index (χ4n) is 1.83. The number of rotatable bonds is 5. The van der Waals surface area contributed by atoms with E-state index in [0.717, 1.165) is 0 Å². The number of carbonyl (C=O) groups is 2. The number of carbonyl (C=O) groups excluding carboxylic acids is 2. The van der Waals surface area contributed by atoms with E-state index in [4.69, 9.17) is 15.2 Å². The maximum Gasteiger partial charge on any atom is 0.354 e. The molecule has 0 saturated heterocycles. The van der Waals surface area contributed by atoms with Crippen molar-refractivity contribution in [3.63, 3.8) is 0 Å². The molecule has 106 valence electrons. The Bertz CT molecular complexity index is 662. The molecule has 0 saturated carbocycles. The van der Waals surface area contributed by atoms with Crippen LogP contribution in [0.2, 0.25) is 0 Å². The van der Waals surface area contributed by atoms with Crippen LogP contribution in [0, 0.1) is 0 Å². The van der Waals surface area contributed by atoms with Crippen molar-refractivity contribution in [2.75, 3.05) is 20.8 Å². The van der Waals surface area contributed by atoms with E-state index in [9.17, 15) is 9.59 Å². The Kier molecular flexibility index (Phi) is 3.79. The summed E-state index contributed by atoms with van der Waals surface area (Å²) in [5, 5.41) is 0.603. The third-order valence-electron chi connectivity index (χ3n) is 2.70. The number of benzene rings is 1. The number of nitrogens with two attached hydrogens (primary N) is 1. The molecule has 0 bridgehead atoms. The maximum atomic E-state index is 11.5. The first kappa shape index (κ1) is 13.7. The first-order chi connectivity index (χ1) is 9.56. The Balaban J connectivity index is 2.52. The van der Waals surface area contributed by atoms with Crippen LogP contribution >= 0.6 is 0 Å². The second kappa shape index (κ2) is 5.52. The van der Waals surface area contributed by atoms with Crippen LogP contribution in [-0.2, 0) is 9.53 Å². The molecule has 1 aromatic carbocycles. The van der Waals surface area contributed by atoms with Gasteiger partial charge in [-0.3, -0.25) is 4.79 Å². The Morgan fingerprint density at radius 3 is 2.65 bits per heavy atom. The molecule has 0 aliphatic carbocycles. The number of hydrogen-bond donors (Lipinski definition) is 2. The number of aromatic amines is 1. The van der Waals surface area contributed by atoms with E-state index in [0.29, 0.717) is 22.4 Å². The molecule has 20 heavy (non-hydrogen) atoms. The topological polar surface area (TPSA) is 104 Å². The van der Waals surface area contributed by atoms with Gasteiger partial charge < -0.3 is 24.9 Å². The van der Waals surface area contributed by atoms with Gasteiger partial charge in [0, 0.05) is 5.39 Å². The number of amides is 1. The molecular formula is C13H14N2O5. The van der Waals surface area contributed by atoms with Gasteiger partial charge in [-0.15, -0.1) is 0 Å². The smallest absolute Gasteiger partial charge is 0.354 e. The summed E-state index contributed by atoms with van der Waals surface area (Å²) >= 11 is 0. The Labute approximate surface area is 114 Å². The van der Waals surface area contributed by atoms with E-state index in [2.05, 4.69) is 9.72 Å². The molecule has 0 spiro atoms. The van der Waals surface area contributed by atoms with Crippen molar-refractivity contribution in [3.05, 3.63) is 23.9 Å². The summed E-state index contributed by atoms with van der Waals surface area (Å²) in [6.07, 6.45) is 0. The van der Waals surface area contributed by atoms with Gasteiger partial charge in [-0.2, -0.15) is 0 Å². The second-order valence-electron chi connectivity index (χ2n) is 3.99. The average Bonchev–Trinajstić information content (AvgIpc) is 2.87. The minimum Gasteiger partial charge on any atom is -0.493 e. The zero-order chi connectivity index (χ0) is 14.7. The highest BCUT2D eigenvalue weighted by molar-refractivity contribution is 5.98. The van der Waals surface area contributed by atoms with E-state index in [1.165, 1.54) is 14.2 Å². The van der Waals surface area contributed by atoms with Crippen molar-refractivity contribution in [2.45, 2.75) is 0 Å². The summed E-state index contributed by atoms with van der Waals surface area (Å²) in [6.45, 7) is -0.284. The Morgan fingerprint density at radius 2 is 2.05 bits per heavy atom. The van der Waals surface area contributed by atoms with Crippen LogP contribution in [0.5, 0.6) is 11.5 Å². The summed E-state index contributed by atoms with van der Waals surface area (Å²) in [7, 11) is 2.77. The first-order valence-corrected chi connectivity index (χ1v) is 5.76. The molecule has 1 aromatic heterocycles. The van der Waals surface area contributed by atoms with Gasteiger partial charge in [0.1, 0.15) is 5.69 Å². The predicted octanol–water partition coefficient (Wildman–Crippen LogP) is 0.827. The Morgan fingerprint density at radius 1 is 1.30 bits per heavy atom. The number of fused-ring (bicyclic) bond motifs is 1. The van der Waals surface area contributed by atoms with Gasteiger partial charge in [0.15, 0.2) is 18.1 Å². The van der Waals surface area contributed by atoms with Crippen LogP contribution in [0.4, 0.5) is 0 Å². The summed E-state index contributed by atoms with van der Waals surface area (Å²) in [5.41, 5.74) is 6.00. The third-order valence-corrected chi connectivity index (χ3v) is 2.70. The Hall–Kier alpha value is -2.70. The molecule has 1 amide bonds.